The van der Waals surface area contributed by atoms with E-state index >= 15 is 0 Å². The zero-order valence-electron chi connectivity index (χ0n) is 38.1. The molecule has 0 N–H and O–H groups in total. The van der Waals surface area contributed by atoms with Gasteiger partial charge in [0.1, 0.15) is 0 Å². The Bertz CT molecular complexity index is 4780. The minimum atomic E-state index is 1.21. The van der Waals surface area contributed by atoms with Gasteiger partial charge in [0.25, 0.3) is 0 Å². The van der Waals surface area contributed by atoms with Gasteiger partial charge in [0.05, 0.1) is 0 Å². The molecule has 0 atom stereocenters. The Morgan fingerprint density at radius 2 is 0.643 bits per heavy atom. The summed E-state index contributed by atoms with van der Waals surface area (Å²) in [5.41, 5.74) is 12.4. The second-order valence-electron chi connectivity index (χ2n) is 19.4. The Morgan fingerprint density at radius 3 is 1.31 bits per heavy atom. The third-order valence-electron chi connectivity index (χ3n) is 15.8. The highest BCUT2D eigenvalue weighted by Gasteiger charge is 2.29. The Balaban J connectivity index is 1.19. The summed E-state index contributed by atoms with van der Waals surface area (Å²) < 4.78 is 0. The fraction of sp³-hybridized carbons (Fsp3) is 0. The summed E-state index contributed by atoms with van der Waals surface area (Å²) in [6.07, 6.45) is 0. The molecule has 0 radical (unpaired) electrons. The quantitative estimate of drug-likeness (QED) is 0.151. The maximum absolute atomic E-state index is 2.58. The van der Waals surface area contributed by atoms with Crippen molar-refractivity contribution >= 4 is 108 Å². The Labute approximate surface area is 403 Å². The van der Waals surface area contributed by atoms with Gasteiger partial charge in [-0.25, -0.2) is 0 Å². The summed E-state index contributed by atoms with van der Waals surface area (Å²) in [5.74, 6) is 0. The van der Waals surface area contributed by atoms with E-state index in [1.54, 1.807) is 0 Å². The highest BCUT2D eigenvalue weighted by atomic mass is 14.3. The summed E-state index contributed by atoms with van der Waals surface area (Å²) in [4.78, 5) is 0. The standard InChI is InChI=1S/C70H40/c1-4-17-41(18-5-1)47-35-46-32-31-44-33-34-56-68-62(38-48(36-47)63(46)64(44)68)70-67(54-28-15-13-25-50(54)43-21-8-3-9-22-43)60-39-57-55-30-16-29-52-51-26-11-10-23-45(51)37-59(65(52)55)58(57)40-61(60)66(69(56)70)53-27-14-12-24-49(53)42-19-6-2-7-20-42/h1-40H. The van der Waals surface area contributed by atoms with E-state index in [1.165, 1.54) is 163 Å². The van der Waals surface area contributed by atoms with Crippen LogP contribution in [0.2, 0.25) is 0 Å². The van der Waals surface area contributed by atoms with Gasteiger partial charge in [-0.15, -0.1) is 0 Å². The van der Waals surface area contributed by atoms with Crippen LogP contribution in [0.3, 0.4) is 0 Å². The maximum atomic E-state index is 2.58. The minimum Gasteiger partial charge on any atom is -0.0622 e. The number of fused-ring (bicyclic) bond motifs is 9. The molecule has 16 rings (SSSR count). The predicted octanol–water partition coefficient (Wildman–Crippen LogP) is 19.9. The van der Waals surface area contributed by atoms with Crippen molar-refractivity contribution in [1.82, 2.24) is 0 Å². The molecule has 0 aliphatic carbocycles. The van der Waals surface area contributed by atoms with Gasteiger partial charge in [-0.1, -0.05) is 206 Å². The van der Waals surface area contributed by atoms with E-state index < -0.39 is 0 Å². The van der Waals surface area contributed by atoms with Gasteiger partial charge in [-0.3, -0.25) is 0 Å². The van der Waals surface area contributed by atoms with Gasteiger partial charge in [0.15, 0.2) is 0 Å². The lowest BCUT2D eigenvalue weighted by Gasteiger charge is -2.21. The average Bonchev–Trinajstić information content (AvgIpc) is 3.92. The maximum Gasteiger partial charge on any atom is -0.000696 e. The molecule has 0 fully saturated rings. The normalized spacial score (nSPS) is 12.3. The molecule has 0 heteroatoms. The summed E-state index contributed by atoms with van der Waals surface area (Å²) in [7, 11) is 0. The van der Waals surface area contributed by atoms with Crippen LogP contribution in [0.15, 0.2) is 243 Å². The van der Waals surface area contributed by atoms with Crippen molar-refractivity contribution in [1.29, 1.82) is 0 Å². The predicted molar refractivity (Wildman–Crippen MR) is 302 cm³/mol. The Hall–Kier alpha value is -9.10. The van der Waals surface area contributed by atoms with Gasteiger partial charge in [0, 0.05) is 0 Å². The molecule has 16 aromatic carbocycles. The second kappa shape index (κ2) is 14.2. The molecule has 0 unspecified atom stereocenters. The van der Waals surface area contributed by atoms with Crippen LogP contribution in [0, 0.1) is 0 Å². The molecule has 0 saturated heterocycles. The lowest BCUT2D eigenvalue weighted by Crippen LogP contribution is -1.93. The van der Waals surface area contributed by atoms with E-state index in [4.69, 9.17) is 0 Å². The fourth-order valence-corrected chi connectivity index (χ4v) is 13.0. The third-order valence-corrected chi connectivity index (χ3v) is 15.8. The molecule has 0 nitrogen and oxygen atoms in total. The summed E-state index contributed by atoms with van der Waals surface area (Å²) in [5, 5.41) is 26.0. The molecule has 0 heterocycles. The minimum absolute atomic E-state index is 1.21. The first kappa shape index (κ1) is 37.9. The zero-order chi connectivity index (χ0) is 45.6. The van der Waals surface area contributed by atoms with E-state index in [0.29, 0.717) is 0 Å². The molecular weight excluding hydrogens is 841 g/mol. The van der Waals surface area contributed by atoms with E-state index in [0.717, 1.165) is 0 Å². The SMILES string of the molecule is c1ccc(-c2cc3ccc4ccc5c6c(-c7ccccc7-c7ccccc7)c7cc8c(cc7c(-c7ccccc7-c7ccccc7)c6c6cc(c2)c3c4c56)c2cccc3c4ccccc4cc8c32)cc1. The first-order chi connectivity index (χ1) is 34.7. The van der Waals surface area contributed by atoms with Gasteiger partial charge < -0.3 is 0 Å². The van der Waals surface area contributed by atoms with Crippen molar-refractivity contribution in [3.8, 4) is 55.6 Å². The van der Waals surface area contributed by atoms with Gasteiger partial charge in [-0.05, 0) is 200 Å². The molecule has 70 heavy (non-hydrogen) atoms. The molecule has 0 aliphatic heterocycles. The third kappa shape index (κ3) is 5.15. The molecule has 0 aromatic heterocycles. The summed E-state index contributed by atoms with van der Waals surface area (Å²) in [6, 6.07) is 91.6. The van der Waals surface area contributed by atoms with Crippen LogP contribution in [0.1, 0.15) is 0 Å². The number of hydrogen-bond acceptors (Lipinski definition) is 0. The molecular formula is C70H40. The molecule has 0 bridgehead atoms. The van der Waals surface area contributed by atoms with Crippen molar-refractivity contribution in [2.75, 3.05) is 0 Å². The summed E-state index contributed by atoms with van der Waals surface area (Å²) >= 11 is 0. The molecule has 0 saturated carbocycles. The highest BCUT2D eigenvalue weighted by molar-refractivity contribution is 6.46. The van der Waals surface area contributed by atoms with Crippen molar-refractivity contribution in [2.24, 2.45) is 0 Å². The van der Waals surface area contributed by atoms with Crippen LogP contribution >= 0.6 is 0 Å². The summed E-state index contributed by atoms with van der Waals surface area (Å²) in [6.45, 7) is 0. The van der Waals surface area contributed by atoms with Crippen molar-refractivity contribution in [3.05, 3.63) is 243 Å². The van der Waals surface area contributed by atoms with Crippen LogP contribution < -0.4 is 0 Å². The topological polar surface area (TPSA) is 0 Å². The lowest BCUT2D eigenvalue weighted by molar-refractivity contribution is 1.61. The van der Waals surface area contributed by atoms with E-state index in [-0.39, 0.29) is 0 Å². The average molecular weight is 881 g/mol. The zero-order valence-corrected chi connectivity index (χ0v) is 38.1. The first-order valence-electron chi connectivity index (χ1n) is 24.5. The Morgan fingerprint density at radius 1 is 0.157 bits per heavy atom. The lowest BCUT2D eigenvalue weighted by atomic mass is 9.82. The number of hydrogen-bond donors (Lipinski definition) is 0. The van der Waals surface area contributed by atoms with Crippen LogP contribution in [0.5, 0.6) is 0 Å². The fourth-order valence-electron chi connectivity index (χ4n) is 13.0. The van der Waals surface area contributed by atoms with Crippen LogP contribution in [-0.4, -0.2) is 0 Å². The number of benzene rings is 14. The molecule has 0 spiro atoms. The van der Waals surface area contributed by atoms with E-state index in [2.05, 4.69) is 243 Å². The van der Waals surface area contributed by atoms with Crippen molar-refractivity contribution in [2.45, 2.75) is 0 Å². The monoisotopic (exact) mass is 880 g/mol. The molecule has 320 valence electrons. The molecule has 0 amide bonds. The van der Waals surface area contributed by atoms with Gasteiger partial charge in [-0.2, -0.15) is 0 Å². The van der Waals surface area contributed by atoms with Gasteiger partial charge in [0.2, 0.25) is 0 Å². The largest absolute Gasteiger partial charge is 0.0622 e. The van der Waals surface area contributed by atoms with Gasteiger partial charge >= 0.3 is 0 Å². The molecule has 0 aliphatic rings. The van der Waals surface area contributed by atoms with E-state index in [1.807, 2.05) is 0 Å². The van der Waals surface area contributed by atoms with Crippen LogP contribution in [0.4, 0.5) is 0 Å². The molecule has 16 aromatic rings. The highest BCUT2D eigenvalue weighted by Crippen LogP contribution is 2.57. The van der Waals surface area contributed by atoms with Crippen molar-refractivity contribution in [3.63, 3.8) is 0 Å². The number of rotatable bonds is 5. The van der Waals surface area contributed by atoms with Crippen LogP contribution in [0.25, 0.3) is 163 Å². The second-order valence-corrected chi connectivity index (χ2v) is 19.4. The smallest absolute Gasteiger partial charge is 0.000696 e. The van der Waals surface area contributed by atoms with Crippen LogP contribution in [-0.2, 0) is 0 Å². The van der Waals surface area contributed by atoms with E-state index in [9.17, 15) is 0 Å². The first-order valence-corrected chi connectivity index (χ1v) is 24.5. The Kier molecular flexibility index (Phi) is 7.70. The van der Waals surface area contributed by atoms with Crippen molar-refractivity contribution < 1.29 is 0 Å².